The first-order chi connectivity index (χ1) is 16.4. The first-order valence-corrected chi connectivity index (χ1v) is 10.7. The maximum atomic E-state index is 14.6. The minimum Gasteiger partial charge on any atom is -0.493 e. The summed E-state index contributed by atoms with van der Waals surface area (Å²) in [7, 11) is 1.06. The van der Waals surface area contributed by atoms with Gasteiger partial charge in [0.15, 0.2) is 17.2 Å². The Morgan fingerprint density at radius 3 is 2.49 bits per heavy atom. The van der Waals surface area contributed by atoms with Crippen molar-refractivity contribution in [1.82, 2.24) is 4.98 Å². The minimum atomic E-state index is -4.87. The molecule has 4 atom stereocenters. The van der Waals surface area contributed by atoms with Crippen LogP contribution in [0.5, 0.6) is 5.75 Å². The van der Waals surface area contributed by atoms with Crippen molar-refractivity contribution in [2.24, 2.45) is 17.6 Å². The third kappa shape index (κ3) is 4.30. The van der Waals surface area contributed by atoms with E-state index in [0.717, 1.165) is 32.2 Å². The molecule has 2 heterocycles. The van der Waals surface area contributed by atoms with Crippen molar-refractivity contribution in [3.05, 3.63) is 53.4 Å². The Kier molecular flexibility index (Phi) is 6.20. The molecule has 35 heavy (non-hydrogen) atoms. The first-order valence-electron chi connectivity index (χ1n) is 10.7. The van der Waals surface area contributed by atoms with Gasteiger partial charge in [-0.25, -0.2) is 4.39 Å². The lowest BCUT2D eigenvalue weighted by atomic mass is 9.73. The zero-order valence-corrected chi connectivity index (χ0v) is 18.7. The van der Waals surface area contributed by atoms with Gasteiger partial charge >= 0.3 is 6.18 Å². The highest BCUT2D eigenvalue weighted by Crippen LogP contribution is 2.62. The zero-order valence-electron chi connectivity index (χ0n) is 18.7. The molecule has 4 rings (SSSR count). The zero-order chi connectivity index (χ0) is 25.7. The maximum absolute atomic E-state index is 14.6. The molecule has 3 N–H and O–H groups in total. The molecule has 0 unspecified atom stereocenters. The van der Waals surface area contributed by atoms with E-state index >= 15 is 0 Å². The molecule has 1 aliphatic carbocycles. The van der Waals surface area contributed by atoms with Crippen LogP contribution in [0.25, 0.3) is 0 Å². The summed E-state index contributed by atoms with van der Waals surface area (Å²) in [5, 5.41) is 2.42. The number of pyridine rings is 1. The molecule has 0 spiro atoms. The van der Waals surface area contributed by atoms with E-state index in [4.69, 9.17) is 15.2 Å². The summed E-state index contributed by atoms with van der Waals surface area (Å²) in [6.07, 6.45) is -4.49. The number of aromatic nitrogens is 1. The van der Waals surface area contributed by atoms with E-state index in [1.807, 2.05) is 0 Å². The molecule has 2 amide bonds. The van der Waals surface area contributed by atoms with E-state index in [9.17, 15) is 31.5 Å². The molecule has 2 fully saturated rings. The van der Waals surface area contributed by atoms with Crippen LogP contribution in [0.2, 0.25) is 0 Å². The van der Waals surface area contributed by atoms with E-state index in [2.05, 4.69) is 10.3 Å². The number of halogens is 5. The highest BCUT2D eigenvalue weighted by Gasteiger charge is 2.70. The molecule has 2 aromatic rings. The van der Waals surface area contributed by atoms with E-state index in [-0.39, 0.29) is 16.9 Å². The predicted octanol–water partition coefficient (Wildman–Crippen LogP) is 3.94. The Morgan fingerprint density at radius 2 is 1.91 bits per heavy atom. The number of primary amides is 1. The first kappa shape index (κ1) is 24.8. The van der Waals surface area contributed by atoms with Crippen molar-refractivity contribution in [3.63, 3.8) is 0 Å². The number of nitrogens with zero attached hydrogens (tertiary/aromatic N) is 1. The standard InChI is InChI=1S/C23H22F5N3O4/c1-22(23(26,27)28)16(10-3-4-10)15(12-5-6-13(24)17(25)18(12)34-2)19(35-22)21(33)31-11-7-8-30-14(9-11)20(29)32/h5-10,15-16,19H,3-4H2,1-2H3,(H2,29,32)(H,30,31,33)/t15-,16+,19+,22-/m1/s1. The van der Waals surface area contributed by atoms with Crippen LogP contribution in [-0.2, 0) is 9.53 Å². The van der Waals surface area contributed by atoms with Crippen molar-refractivity contribution in [2.75, 3.05) is 12.4 Å². The number of benzene rings is 1. The Morgan fingerprint density at radius 1 is 1.23 bits per heavy atom. The molecule has 7 nitrogen and oxygen atoms in total. The Labute approximate surface area is 196 Å². The summed E-state index contributed by atoms with van der Waals surface area (Å²) in [6, 6.07) is 4.36. The summed E-state index contributed by atoms with van der Waals surface area (Å²) in [5.41, 5.74) is 2.21. The van der Waals surface area contributed by atoms with Crippen LogP contribution in [-0.4, -0.2) is 41.8 Å². The highest BCUT2D eigenvalue weighted by atomic mass is 19.4. The largest absolute Gasteiger partial charge is 0.493 e. The number of ether oxygens (including phenoxy) is 2. The Bertz CT molecular complexity index is 1170. The van der Waals surface area contributed by atoms with Gasteiger partial charge in [-0.2, -0.15) is 17.6 Å². The SMILES string of the molecule is COc1c([C@H]2[C@@H](C(=O)Nc3ccnc(C(N)=O)c3)O[C@@](C)(C(F)(F)F)[C@H]2C2CC2)ccc(F)c1F. The number of hydrogen-bond acceptors (Lipinski definition) is 5. The number of alkyl halides is 3. The number of carbonyl (C=O) groups is 2. The maximum Gasteiger partial charge on any atom is 0.417 e. The second-order valence-corrected chi connectivity index (χ2v) is 8.80. The molecule has 0 bridgehead atoms. The second-order valence-electron chi connectivity index (χ2n) is 8.80. The lowest BCUT2D eigenvalue weighted by Crippen LogP contribution is -2.49. The van der Waals surface area contributed by atoms with E-state index < -0.39 is 64.8 Å². The van der Waals surface area contributed by atoms with Gasteiger partial charge in [-0.1, -0.05) is 6.07 Å². The number of hydrogen-bond donors (Lipinski definition) is 2. The summed E-state index contributed by atoms with van der Waals surface area (Å²) in [4.78, 5) is 28.4. The second kappa shape index (κ2) is 8.74. The molecule has 188 valence electrons. The van der Waals surface area contributed by atoms with Crippen molar-refractivity contribution in [2.45, 2.75) is 43.6 Å². The molecular weight excluding hydrogens is 477 g/mol. The number of anilines is 1. The third-order valence-electron chi connectivity index (χ3n) is 6.60. The number of nitrogens with one attached hydrogen (secondary N) is 1. The summed E-state index contributed by atoms with van der Waals surface area (Å²) < 4.78 is 81.9. The van der Waals surface area contributed by atoms with E-state index in [0.29, 0.717) is 12.8 Å². The van der Waals surface area contributed by atoms with Crippen LogP contribution in [0.4, 0.5) is 27.6 Å². The summed E-state index contributed by atoms with van der Waals surface area (Å²) in [6.45, 7) is 0.861. The average Bonchev–Trinajstić information content (AvgIpc) is 3.57. The van der Waals surface area contributed by atoms with Crippen LogP contribution in [0.1, 0.15) is 41.7 Å². The Balaban J connectivity index is 1.81. The number of rotatable bonds is 6. The van der Waals surface area contributed by atoms with Crippen molar-refractivity contribution >= 4 is 17.5 Å². The number of methoxy groups -OCH3 is 1. The molecular formula is C23H22F5N3O4. The lowest BCUT2D eigenvalue weighted by Gasteiger charge is -2.34. The van der Waals surface area contributed by atoms with Crippen LogP contribution in [0.3, 0.4) is 0 Å². The molecule has 1 saturated heterocycles. The van der Waals surface area contributed by atoms with Gasteiger partial charge in [-0.15, -0.1) is 0 Å². The average molecular weight is 499 g/mol. The van der Waals surface area contributed by atoms with Gasteiger partial charge in [0.2, 0.25) is 5.82 Å². The van der Waals surface area contributed by atoms with Crippen LogP contribution >= 0.6 is 0 Å². The number of carbonyl (C=O) groups excluding carboxylic acids is 2. The monoisotopic (exact) mass is 499 g/mol. The molecule has 2 aliphatic rings. The van der Waals surface area contributed by atoms with Gasteiger partial charge < -0.3 is 20.5 Å². The molecule has 1 aromatic carbocycles. The topological polar surface area (TPSA) is 104 Å². The third-order valence-corrected chi connectivity index (χ3v) is 6.60. The van der Waals surface area contributed by atoms with Gasteiger partial charge in [0.25, 0.3) is 11.8 Å². The smallest absolute Gasteiger partial charge is 0.417 e. The van der Waals surface area contributed by atoms with Gasteiger partial charge in [0.05, 0.1) is 7.11 Å². The van der Waals surface area contributed by atoms with Crippen molar-refractivity contribution < 1.29 is 41.0 Å². The van der Waals surface area contributed by atoms with Gasteiger partial charge in [0.1, 0.15) is 11.8 Å². The normalized spacial score (nSPS) is 26.4. The van der Waals surface area contributed by atoms with E-state index in [1.54, 1.807) is 0 Å². The van der Waals surface area contributed by atoms with Crippen LogP contribution in [0.15, 0.2) is 30.5 Å². The number of nitrogens with two attached hydrogens (primary N) is 1. The fourth-order valence-electron chi connectivity index (χ4n) is 4.85. The Hall–Kier alpha value is -3.28. The van der Waals surface area contributed by atoms with Gasteiger partial charge in [-0.05, 0) is 43.9 Å². The number of amides is 2. The minimum absolute atomic E-state index is 0.0435. The van der Waals surface area contributed by atoms with Crippen molar-refractivity contribution in [3.8, 4) is 5.75 Å². The molecule has 1 aromatic heterocycles. The van der Waals surface area contributed by atoms with Crippen LogP contribution < -0.4 is 15.8 Å². The van der Waals surface area contributed by atoms with Crippen LogP contribution in [0, 0.1) is 23.5 Å². The molecule has 1 saturated carbocycles. The lowest BCUT2D eigenvalue weighted by molar-refractivity contribution is -0.275. The molecule has 0 radical (unpaired) electrons. The quantitative estimate of drug-likeness (QED) is 0.587. The summed E-state index contributed by atoms with van der Waals surface area (Å²) in [5.74, 6) is -8.09. The van der Waals surface area contributed by atoms with Crippen molar-refractivity contribution in [1.29, 1.82) is 0 Å². The fourth-order valence-corrected chi connectivity index (χ4v) is 4.85. The fraction of sp³-hybridized carbons (Fsp3) is 0.435. The highest BCUT2D eigenvalue weighted by molar-refractivity contribution is 5.97. The molecule has 12 heteroatoms. The predicted molar refractivity (Wildman–Crippen MR) is 113 cm³/mol. The van der Waals surface area contributed by atoms with Gasteiger partial charge in [-0.3, -0.25) is 14.6 Å². The van der Waals surface area contributed by atoms with E-state index in [1.165, 1.54) is 12.3 Å². The van der Waals surface area contributed by atoms with Gasteiger partial charge in [0, 0.05) is 29.3 Å². The molecule has 1 aliphatic heterocycles. The summed E-state index contributed by atoms with van der Waals surface area (Å²) >= 11 is 0.